The van der Waals surface area contributed by atoms with Crippen molar-refractivity contribution in [2.24, 2.45) is 0 Å². The first-order valence-electron chi connectivity index (χ1n) is 10.5. The molecule has 0 atom stereocenters. The number of ether oxygens (including phenoxy) is 1. The van der Waals surface area contributed by atoms with Crippen LogP contribution in [-0.2, 0) is 9.59 Å². The van der Waals surface area contributed by atoms with Gasteiger partial charge in [0.15, 0.2) is 0 Å². The number of amides is 2. The topological polar surface area (TPSA) is 99.4 Å². The summed E-state index contributed by atoms with van der Waals surface area (Å²) in [6, 6.07) is 16.4. The van der Waals surface area contributed by atoms with Crippen LogP contribution in [0.3, 0.4) is 0 Å². The van der Waals surface area contributed by atoms with Crippen LogP contribution < -0.4 is 15.4 Å². The van der Waals surface area contributed by atoms with Gasteiger partial charge in [-0.25, -0.2) is 0 Å². The number of hydrogen-bond donors (Lipinski definition) is 2. The largest absolute Gasteiger partial charge is 0.497 e. The van der Waals surface area contributed by atoms with Gasteiger partial charge in [0.25, 0.3) is 0 Å². The van der Waals surface area contributed by atoms with Crippen LogP contribution in [0.15, 0.2) is 48.5 Å². The van der Waals surface area contributed by atoms with E-state index >= 15 is 0 Å². The van der Waals surface area contributed by atoms with Crippen LogP contribution in [0.4, 0.5) is 11.5 Å². The molecule has 1 aromatic heterocycles. The summed E-state index contributed by atoms with van der Waals surface area (Å²) in [7, 11) is 3.26. The van der Waals surface area contributed by atoms with E-state index in [9.17, 15) is 14.9 Å². The normalized spacial score (nSPS) is 10.6. The molecule has 0 bridgehead atoms. The summed E-state index contributed by atoms with van der Waals surface area (Å²) in [6.45, 7) is 3.69. The van der Waals surface area contributed by atoms with Gasteiger partial charge in [0.2, 0.25) is 11.8 Å². The van der Waals surface area contributed by atoms with Gasteiger partial charge in [-0.1, -0.05) is 17.7 Å². The monoisotopic (exact) mass is 479 g/mol. The number of rotatable bonds is 8. The second-order valence-corrected chi connectivity index (χ2v) is 8.29. The lowest BCUT2D eigenvalue weighted by atomic mass is 10.2. The van der Waals surface area contributed by atoms with Crippen LogP contribution in [0.2, 0.25) is 5.02 Å². The van der Waals surface area contributed by atoms with Crippen LogP contribution in [-0.4, -0.2) is 48.5 Å². The third-order valence-corrected chi connectivity index (χ3v) is 5.58. The highest BCUT2D eigenvalue weighted by atomic mass is 35.5. The molecule has 176 valence electrons. The summed E-state index contributed by atoms with van der Waals surface area (Å²) < 4.78 is 7.05. The minimum atomic E-state index is -0.346. The third kappa shape index (κ3) is 5.76. The number of halogens is 1. The van der Waals surface area contributed by atoms with E-state index in [1.807, 2.05) is 42.7 Å². The summed E-state index contributed by atoms with van der Waals surface area (Å²) in [5, 5.41) is 15.9. The molecule has 34 heavy (non-hydrogen) atoms. The molecule has 0 unspecified atom stereocenters. The van der Waals surface area contributed by atoms with Crippen molar-refractivity contribution in [2.45, 2.75) is 13.8 Å². The van der Waals surface area contributed by atoms with Gasteiger partial charge in [-0.2, -0.15) is 5.26 Å². The molecule has 0 aliphatic carbocycles. The Bertz CT molecular complexity index is 1240. The second-order valence-electron chi connectivity index (χ2n) is 7.86. The average Bonchev–Trinajstić information content (AvgIpc) is 3.02. The molecule has 9 heteroatoms. The molecule has 2 amide bonds. The number of nitrogens with one attached hydrogen (secondary N) is 2. The molecular weight excluding hydrogens is 454 g/mol. The van der Waals surface area contributed by atoms with Crippen molar-refractivity contribution < 1.29 is 14.3 Å². The predicted molar refractivity (Wildman–Crippen MR) is 133 cm³/mol. The minimum Gasteiger partial charge on any atom is -0.497 e. The summed E-state index contributed by atoms with van der Waals surface area (Å²) in [6.07, 6.45) is 0. The predicted octanol–water partition coefficient (Wildman–Crippen LogP) is 4.14. The number of aromatic nitrogens is 1. The average molecular weight is 480 g/mol. The molecule has 0 fully saturated rings. The van der Waals surface area contributed by atoms with Gasteiger partial charge in [-0.3, -0.25) is 19.1 Å². The Hall–Kier alpha value is -3.80. The van der Waals surface area contributed by atoms with Gasteiger partial charge in [-0.15, -0.1) is 0 Å². The van der Waals surface area contributed by atoms with Crippen LogP contribution in [0.5, 0.6) is 5.75 Å². The fraction of sp³-hybridized carbons (Fsp3) is 0.240. The molecule has 3 rings (SSSR count). The van der Waals surface area contributed by atoms with Crippen molar-refractivity contribution in [1.29, 1.82) is 5.26 Å². The Morgan fingerprint density at radius 2 is 1.74 bits per heavy atom. The van der Waals surface area contributed by atoms with Crippen LogP contribution in [0.25, 0.3) is 5.69 Å². The first-order chi connectivity index (χ1) is 16.2. The van der Waals surface area contributed by atoms with Crippen molar-refractivity contribution in [1.82, 2.24) is 9.47 Å². The van der Waals surface area contributed by atoms with E-state index in [4.69, 9.17) is 16.3 Å². The van der Waals surface area contributed by atoms with E-state index in [0.29, 0.717) is 27.8 Å². The van der Waals surface area contributed by atoms with Gasteiger partial charge in [0.05, 0.1) is 25.8 Å². The minimum absolute atomic E-state index is 0.00257. The fourth-order valence-corrected chi connectivity index (χ4v) is 3.79. The molecule has 0 aliphatic heterocycles. The standard InChI is InChI=1S/C25H26ClN5O3/c1-16-17(2)31(20-8-10-21(34-4)11-9-20)25(22(16)13-27)29-24(33)15-30(3)14-23(32)28-19-7-5-6-18(26)12-19/h5-12H,14-15H2,1-4H3,(H,28,32)(H,29,33). The lowest BCUT2D eigenvalue weighted by Gasteiger charge is -2.18. The van der Waals surface area contributed by atoms with Crippen molar-refractivity contribution in [2.75, 3.05) is 37.9 Å². The van der Waals surface area contributed by atoms with Crippen molar-refractivity contribution in [3.8, 4) is 17.5 Å². The molecule has 0 saturated heterocycles. The summed E-state index contributed by atoms with van der Waals surface area (Å²) in [5.74, 6) is 0.476. The number of nitriles is 1. The van der Waals surface area contributed by atoms with Gasteiger partial charge < -0.3 is 15.4 Å². The molecule has 8 nitrogen and oxygen atoms in total. The van der Waals surface area contributed by atoms with E-state index in [1.54, 1.807) is 43.3 Å². The molecule has 0 radical (unpaired) electrons. The Labute approximate surface area is 203 Å². The SMILES string of the molecule is COc1ccc(-n2c(C)c(C)c(C#N)c2NC(=O)CN(C)CC(=O)Nc2cccc(Cl)c2)cc1. The smallest absolute Gasteiger partial charge is 0.239 e. The zero-order valence-corrected chi connectivity index (χ0v) is 20.2. The number of benzene rings is 2. The van der Waals surface area contributed by atoms with Gasteiger partial charge >= 0.3 is 0 Å². The number of carbonyl (C=O) groups is 2. The van der Waals surface area contributed by atoms with Crippen LogP contribution in [0.1, 0.15) is 16.8 Å². The van der Waals surface area contributed by atoms with Crippen molar-refractivity contribution >= 4 is 34.9 Å². The molecule has 0 saturated carbocycles. The first kappa shape index (κ1) is 24.8. The molecule has 0 spiro atoms. The Kier molecular flexibility index (Phi) is 7.95. The molecule has 2 aromatic carbocycles. The van der Waals surface area contributed by atoms with Crippen LogP contribution >= 0.6 is 11.6 Å². The fourth-order valence-electron chi connectivity index (χ4n) is 3.60. The maximum absolute atomic E-state index is 12.8. The Balaban J connectivity index is 1.73. The molecule has 2 N–H and O–H groups in total. The number of anilines is 2. The zero-order chi connectivity index (χ0) is 24.8. The lowest BCUT2D eigenvalue weighted by molar-refractivity contribution is -0.119. The zero-order valence-electron chi connectivity index (χ0n) is 19.5. The second kappa shape index (κ2) is 10.9. The Morgan fingerprint density at radius 1 is 1.09 bits per heavy atom. The quantitative estimate of drug-likeness (QED) is 0.506. The van der Waals surface area contributed by atoms with Gasteiger partial charge in [0.1, 0.15) is 17.6 Å². The Morgan fingerprint density at radius 3 is 2.32 bits per heavy atom. The first-order valence-corrected chi connectivity index (χ1v) is 10.9. The lowest BCUT2D eigenvalue weighted by Crippen LogP contribution is -2.36. The molecule has 1 heterocycles. The van der Waals surface area contributed by atoms with Gasteiger partial charge in [0, 0.05) is 22.1 Å². The maximum Gasteiger partial charge on any atom is 0.239 e. The highest BCUT2D eigenvalue weighted by Crippen LogP contribution is 2.30. The summed E-state index contributed by atoms with van der Waals surface area (Å²) >= 11 is 5.94. The highest BCUT2D eigenvalue weighted by Gasteiger charge is 2.21. The van der Waals surface area contributed by atoms with Crippen LogP contribution in [0, 0.1) is 25.2 Å². The number of likely N-dealkylation sites (N-methyl/N-ethyl adjacent to an activating group) is 1. The molecular formula is C25H26ClN5O3. The summed E-state index contributed by atoms with van der Waals surface area (Å²) in [4.78, 5) is 26.7. The number of carbonyl (C=O) groups excluding carboxylic acids is 2. The number of methoxy groups -OCH3 is 1. The maximum atomic E-state index is 12.8. The molecule has 3 aromatic rings. The van der Waals surface area contributed by atoms with E-state index in [2.05, 4.69) is 16.7 Å². The third-order valence-electron chi connectivity index (χ3n) is 5.35. The van der Waals surface area contributed by atoms with Gasteiger partial charge in [-0.05, 0) is 68.9 Å². The summed E-state index contributed by atoms with van der Waals surface area (Å²) in [5.41, 5.74) is 3.38. The van der Waals surface area contributed by atoms with E-state index in [1.165, 1.54) is 0 Å². The van der Waals surface area contributed by atoms with Crippen molar-refractivity contribution in [3.05, 3.63) is 70.4 Å². The van der Waals surface area contributed by atoms with E-state index in [-0.39, 0.29) is 24.9 Å². The van der Waals surface area contributed by atoms with E-state index < -0.39 is 0 Å². The molecule has 0 aliphatic rings. The number of hydrogen-bond acceptors (Lipinski definition) is 5. The van der Waals surface area contributed by atoms with Crippen molar-refractivity contribution in [3.63, 3.8) is 0 Å². The highest BCUT2D eigenvalue weighted by molar-refractivity contribution is 6.30. The number of nitrogens with zero attached hydrogens (tertiary/aromatic N) is 3. The van der Waals surface area contributed by atoms with E-state index in [0.717, 1.165) is 16.9 Å².